The van der Waals surface area contributed by atoms with Crippen LogP contribution in [0.15, 0.2) is 0 Å². The van der Waals surface area contributed by atoms with E-state index >= 15 is 0 Å². The van der Waals surface area contributed by atoms with Gasteiger partial charge < -0.3 is 14.7 Å². The molecule has 0 fully saturated rings. The van der Waals surface area contributed by atoms with Crippen molar-refractivity contribution >= 4 is 18.5 Å². The van der Waals surface area contributed by atoms with Crippen LogP contribution in [0, 0.1) is 0 Å². The zero-order chi connectivity index (χ0) is 4.50. The maximum atomic E-state index is 9.14. The van der Waals surface area contributed by atoms with Gasteiger partial charge in [-0.05, 0) is 0 Å². The molecule has 0 amide bonds. The summed E-state index contributed by atoms with van der Waals surface area (Å²) in [7, 11) is 0. The van der Waals surface area contributed by atoms with Gasteiger partial charge in [-0.1, -0.05) is 11.8 Å². The van der Waals surface area contributed by atoms with Crippen molar-refractivity contribution in [1.82, 2.24) is 0 Å². The van der Waals surface area contributed by atoms with Crippen LogP contribution >= 0.6 is 6.72 Å². The van der Waals surface area contributed by atoms with Gasteiger partial charge in [-0.2, -0.15) is 0 Å². The monoisotopic (exact) mass is 120 g/mol. The maximum Gasteiger partial charge on any atom is 1.00 e. The predicted molar refractivity (Wildman–Crippen MR) is 18.7 cm³/mol. The maximum absolute atomic E-state index is 9.14. The van der Waals surface area contributed by atoms with Crippen molar-refractivity contribution in [2.45, 2.75) is 0 Å². The molecule has 0 bridgehead atoms. The molecule has 32 valence electrons. The number of rotatable bonds is 0. The molecular weight excluding hydrogens is 118 g/mol. The topological polar surface area (TPSA) is 63.5 Å². The normalized spacial score (nSPS) is 9.83. The summed E-state index contributed by atoms with van der Waals surface area (Å²) in [5.74, 6) is 0. The van der Waals surface area contributed by atoms with Crippen molar-refractivity contribution < 1.29 is 33.5 Å². The molecule has 0 saturated carbocycles. The van der Waals surface area contributed by atoms with E-state index in [4.69, 9.17) is 14.7 Å². The first-order valence-corrected chi connectivity index (χ1v) is 3.39. The fourth-order valence-corrected chi connectivity index (χ4v) is 0. The fraction of sp³-hybridized carbons (Fsp3) is 0. The second-order valence-electron chi connectivity index (χ2n) is 0.491. The van der Waals surface area contributed by atoms with Gasteiger partial charge in [0.2, 0.25) is 0 Å². The zero-order valence-electron chi connectivity index (χ0n) is 3.16. The quantitative estimate of drug-likeness (QED) is 0.250. The van der Waals surface area contributed by atoms with Crippen LogP contribution in [0.3, 0.4) is 0 Å². The van der Waals surface area contributed by atoms with E-state index in [1.54, 1.807) is 0 Å². The molecule has 0 heterocycles. The molecule has 0 saturated heterocycles. The molecule has 0 radical (unpaired) electrons. The molecule has 0 aromatic rings. The largest absolute Gasteiger partial charge is 1.00 e. The van der Waals surface area contributed by atoms with E-state index in [0.717, 1.165) is 0 Å². The van der Waals surface area contributed by atoms with Gasteiger partial charge in [0.05, 0.1) is 0 Å². The Hall–Kier alpha value is 1.13. The van der Waals surface area contributed by atoms with Crippen molar-refractivity contribution in [3.63, 3.8) is 0 Å². The summed E-state index contributed by atoms with van der Waals surface area (Å²) in [4.78, 5) is 24.0. The van der Waals surface area contributed by atoms with Crippen LogP contribution in [0.4, 0.5) is 0 Å². The third-order valence-electron chi connectivity index (χ3n) is 0. The van der Waals surface area contributed by atoms with Crippen molar-refractivity contribution in [2.24, 2.45) is 0 Å². The van der Waals surface area contributed by atoms with Crippen LogP contribution < -0.4 is 23.8 Å². The second-order valence-corrected chi connectivity index (χ2v) is 2.90. The smallest absolute Gasteiger partial charge is 0.780 e. The van der Waals surface area contributed by atoms with E-state index in [1.807, 2.05) is 0 Å². The SMILES string of the molecule is [Li+].[O-]P(O)(O)=S. The summed E-state index contributed by atoms with van der Waals surface area (Å²) < 4.78 is 0. The van der Waals surface area contributed by atoms with E-state index in [-0.39, 0.29) is 18.9 Å². The Morgan fingerprint density at radius 3 is 1.50 bits per heavy atom. The molecule has 0 atom stereocenters. The van der Waals surface area contributed by atoms with E-state index in [0.29, 0.717) is 0 Å². The average Bonchev–Trinajstić information content (AvgIpc) is 0.722. The van der Waals surface area contributed by atoms with Gasteiger partial charge in [0.15, 0.2) is 0 Å². The van der Waals surface area contributed by atoms with Crippen LogP contribution in [0.5, 0.6) is 0 Å². The van der Waals surface area contributed by atoms with Gasteiger partial charge in [-0.3, -0.25) is 0 Å². The van der Waals surface area contributed by atoms with Gasteiger partial charge in [0.1, 0.15) is 6.72 Å². The molecule has 0 rings (SSSR count). The zero-order valence-corrected chi connectivity index (χ0v) is 4.87. The Labute approximate surface area is 52.4 Å². The van der Waals surface area contributed by atoms with Crippen molar-refractivity contribution in [3.8, 4) is 0 Å². The van der Waals surface area contributed by atoms with Crippen LogP contribution in [-0.4, -0.2) is 9.79 Å². The Kier molecular flexibility index (Phi) is 5.38. The summed E-state index contributed by atoms with van der Waals surface area (Å²) in [5, 5.41) is 0. The first-order valence-electron chi connectivity index (χ1n) is 0.765. The predicted octanol–water partition coefficient (Wildman–Crippen LogP) is -4.44. The minimum absolute atomic E-state index is 0. The van der Waals surface area contributed by atoms with Gasteiger partial charge in [-0.15, -0.1) is 0 Å². The van der Waals surface area contributed by atoms with Crippen LogP contribution in [0.25, 0.3) is 0 Å². The first-order chi connectivity index (χ1) is 2.00. The van der Waals surface area contributed by atoms with Gasteiger partial charge in [0, 0.05) is 0 Å². The minimum atomic E-state index is -4.06. The Morgan fingerprint density at radius 2 is 1.50 bits per heavy atom. The van der Waals surface area contributed by atoms with E-state index in [2.05, 4.69) is 11.8 Å². The van der Waals surface area contributed by atoms with Crippen molar-refractivity contribution in [2.75, 3.05) is 0 Å². The fourth-order valence-electron chi connectivity index (χ4n) is 0. The molecule has 0 aliphatic rings. The molecule has 0 aliphatic carbocycles. The second kappa shape index (κ2) is 3.17. The van der Waals surface area contributed by atoms with E-state index in [1.165, 1.54) is 0 Å². The standard InChI is InChI=1S/Li.H3O3PS/c;1-4(2,3)5/h;(H3,1,2,3,5)/q+1;/p-1. The van der Waals surface area contributed by atoms with Crippen LogP contribution in [0.2, 0.25) is 0 Å². The average molecular weight is 120 g/mol. The van der Waals surface area contributed by atoms with Crippen LogP contribution in [-0.2, 0) is 11.8 Å². The van der Waals surface area contributed by atoms with Crippen LogP contribution in [0.1, 0.15) is 0 Å². The molecule has 2 N–H and O–H groups in total. The Morgan fingerprint density at radius 1 is 1.50 bits per heavy atom. The molecular formula is H2LiO3PS. The third-order valence-corrected chi connectivity index (χ3v) is 0. The molecule has 0 aromatic carbocycles. The summed E-state index contributed by atoms with van der Waals surface area (Å²) in [6, 6.07) is 0. The van der Waals surface area contributed by atoms with Gasteiger partial charge in [-0.25, -0.2) is 0 Å². The first kappa shape index (κ1) is 10.2. The summed E-state index contributed by atoms with van der Waals surface area (Å²) in [6.07, 6.45) is 0. The Bertz CT molecular complexity index is 56.9. The molecule has 0 spiro atoms. The Balaban J connectivity index is 0. The summed E-state index contributed by atoms with van der Waals surface area (Å²) in [5.41, 5.74) is 0. The molecule has 3 nitrogen and oxygen atoms in total. The van der Waals surface area contributed by atoms with E-state index < -0.39 is 6.72 Å². The third kappa shape index (κ3) is 68.7. The summed E-state index contributed by atoms with van der Waals surface area (Å²) in [6.45, 7) is -4.06. The van der Waals surface area contributed by atoms with E-state index in [9.17, 15) is 0 Å². The molecule has 0 aromatic heterocycles. The van der Waals surface area contributed by atoms with Crippen molar-refractivity contribution in [3.05, 3.63) is 0 Å². The summed E-state index contributed by atoms with van der Waals surface area (Å²) >= 11 is 3.49. The number of hydrogen-bond donors (Lipinski definition) is 2. The molecule has 6 heavy (non-hydrogen) atoms. The van der Waals surface area contributed by atoms with Crippen molar-refractivity contribution in [1.29, 1.82) is 0 Å². The molecule has 0 aliphatic heterocycles. The van der Waals surface area contributed by atoms with Gasteiger partial charge in [0.25, 0.3) is 0 Å². The molecule has 6 heteroatoms. The number of hydrogen-bond acceptors (Lipinski definition) is 2. The molecule has 0 unspecified atom stereocenters. The minimum Gasteiger partial charge on any atom is -0.780 e. The van der Waals surface area contributed by atoms with Gasteiger partial charge >= 0.3 is 18.9 Å².